The van der Waals surface area contributed by atoms with Gasteiger partial charge in [-0.25, -0.2) is 15.0 Å². The van der Waals surface area contributed by atoms with E-state index in [9.17, 15) is 0 Å². The first-order valence-corrected chi connectivity index (χ1v) is 4.40. The molecule has 0 aromatic carbocycles. The first-order chi connectivity index (χ1) is 6.86. The number of fused-ring (bicyclic) bond motifs is 1. The minimum atomic E-state index is 0.762. The van der Waals surface area contributed by atoms with Crippen molar-refractivity contribution in [2.75, 3.05) is 11.9 Å². The second kappa shape index (κ2) is 3.45. The van der Waals surface area contributed by atoms with Crippen LogP contribution in [0.5, 0.6) is 0 Å². The minimum Gasteiger partial charge on any atom is -0.368 e. The zero-order chi connectivity index (χ0) is 9.97. The normalized spacial score (nSPS) is 10.4. The van der Waals surface area contributed by atoms with Crippen molar-refractivity contribution in [2.24, 2.45) is 0 Å². The summed E-state index contributed by atoms with van der Waals surface area (Å²) in [6.07, 6.45) is 4.85. The first kappa shape index (κ1) is 8.68. The molecule has 2 heterocycles. The molecule has 0 atom stereocenters. The van der Waals surface area contributed by atoms with Crippen molar-refractivity contribution >= 4 is 23.2 Å². The van der Waals surface area contributed by atoms with Crippen LogP contribution >= 0.6 is 0 Å². The molecule has 14 heavy (non-hydrogen) atoms. The van der Waals surface area contributed by atoms with Crippen LogP contribution in [0.25, 0.3) is 17.4 Å². The van der Waals surface area contributed by atoms with E-state index in [1.807, 2.05) is 6.92 Å². The van der Waals surface area contributed by atoms with Gasteiger partial charge in [0.2, 0.25) is 0 Å². The molecular weight excluding hydrogens is 178 g/mol. The van der Waals surface area contributed by atoms with Gasteiger partial charge in [0.1, 0.15) is 12.7 Å². The maximum atomic E-state index is 4.21. The van der Waals surface area contributed by atoms with Gasteiger partial charge in [0.15, 0.2) is 17.0 Å². The molecule has 0 saturated carbocycles. The van der Waals surface area contributed by atoms with Gasteiger partial charge < -0.3 is 5.32 Å². The fourth-order valence-corrected chi connectivity index (χ4v) is 1.28. The lowest BCUT2D eigenvalue weighted by Gasteiger charge is -2.01. The first-order valence-electron chi connectivity index (χ1n) is 4.40. The van der Waals surface area contributed by atoms with Gasteiger partial charge in [-0.15, -0.1) is 0 Å². The van der Waals surface area contributed by atoms with Gasteiger partial charge in [0.05, 0.1) is 0 Å². The van der Waals surface area contributed by atoms with E-state index in [2.05, 4.69) is 26.8 Å². The molecule has 1 N–H and O–H groups in total. The lowest BCUT2D eigenvalue weighted by Crippen LogP contribution is -2.00. The van der Waals surface area contributed by atoms with E-state index in [0.29, 0.717) is 0 Å². The number of rotatable bonds is 3. The molecule has 2 aromatic heterocycles. The van der Waals surface area contributed by atoms with Crippen molar-refractivity contribution in [3.8, 4) is 0 Å². The third-order valence-electron chi connectivity index (χ3n) is 1.90. The Balaban J connectivity index is 2.63. The Labute approximate surface area is 81.5 Å². The zero-order valence-corrected chi connectivity index (χ0v) is 7.94. The summed E-state index contributed by atoms with van der Waals surface area (Å²) in [5, 5.41) is 3.13. The van der Waals surface area contributed by atoms with Crippen LogP contribution in [0.15, 0.2) is 19.2 Å². The maximum Gasteiger partial charge on any atom is 0.169 e. The van der Waals surface area contributed by atoms with Crippen LogP contribution in [-0.2, 0) is 0 Å². The molecule has 0 fully saturated rings. The smallest absolute Gasteiger partial charge is 0.169 e. The predicted octanol–water partition coefficient (Wildman–Crippen LogP) is 1.36. The standard InChI is InChI=1S/C9H11N5/c1-3-10-8-7-9(12-5-11-8)14(4-2)6-13-7/h4-6H,2-3H2,1H3,(H,10,11,12). The summed E-state index contributed by atoms with van der Waals surface area (Å²) in [5.74, 6) is 0.762. The average molecular weight is 189 g/mol. The Bertz CT molecular complexity index is 459. The fourth-order valence-electron chi connectivity index (χ4n) is 1.28. The van der Waals surface area contributed by atoms with Gasteiger partial charge in [0.25, 0.3) is 0 Å². The molecule has 0 aliphatic carbocycles. The van der Waals surface area contributed by atoms with Gasteiger partial charge in [0, 0.05) is 12.7 Å². The monoisotopic (exact) mass is 189 g/mol. The third-order valence-corrected chi connectivity index (χ3v) is 1.90. The Hall–Kier alpha value is -1.91. The Morgan fingerprint density at radius 3 is 3.07 bits per heavy atom. The summed E-state index contributed by atoms with van der Waals surface area (Å²) in [6.45, 7) is 6.50. The molecule has 0 amide bonds. The molecule has 5 heteroatoms. The molecule has 0 unspecified atom stereocenters. The van der Waals surface area contributed by atoms with Crippen molar-refractivity contribution in [1.82, 2.24) is 19.5 Å². The Morgan fingerprint density at radius 2 is 2.36 bits per heavy atom. The van der Waals surface area contributed by atoms with Crippen LogP contribution in [0.2, 0.25) is 0 Å². The second-order valence-electron chi connectivity index (χ2n) is 2.76. The lowest BCUT2D eigenvalue weighted by molar-refractivity contribution is 1.11. The fraction of sp³-hybridized carbons (Fsp3) is 0.222. The summed E-state index contributed by atoms with van der Waals surface area (Å²) >= 11 is 0. The van der Waals surface area contributed by atoms with Gasteiger partial charge in [-0.1, -0.05) is 6.58 Å². The average Bonchev–Trinajstić information content (AvgIpc) is 2.62. The number of nitrogens with zero attached hydrogens (tertiary/aromatic N) is 4. The van der Waals surface area contributed by atoms with E-state index in [4.69, 9.17) is 0 Å². The van der Waals surface area contributed by atoms with Crippen LogP contribution in [0.4, 0.5) is 5.82 Å². The summed E-state index contributed by atoms with van der Waals surface area (Å²) in [4.78, 5) is 12.5. The van der Waals surface area contributed by atoms with E-state index in [1.54, 1.807) is 17.1 Å². The van der Waals surface area contributed by atoms with E-state index < -0.39 is 0 Å². The highest BCUT2D eigenvalue weighted by Crippen LogP contribution is 2.16. The van der Waals surface area contributed by atoms with Crippen molar-refractivity contribution in [3.63, 3.8) is 0 Å². The predicted molar refractivity (Wildman–Crippen MR) is 55.9 cm³/mol. The molecule has 0 radical (unpaired) electrons. The summed E-state index contributed by atoms with van der Waals surface area (Å²) in [6, 6.07) is 0. The Morgan fingerprint density at radius 1 is 1.50 bits per heavy atom. The van der Waals surface area contributed by atoms with Crippen LogP contribution in [0.3, 0.4) is 0 Å². The SMILES string of the molecule is C=Cn1cnc2c(NCC)ncnc21. The van der Waals surface area contributed by atoms with Crippen LogP contribution < -0.4 is 5.32 Å². The van der Waals surface area contributed by atoms with Gasteiger partial charge >= 0.3 is 0 Å². The molecule has 2 aromatic rings. The summed E-state index contributed by atoms with van der Waals surface area (Å²) in [7, 11) is 0. The van der Waals surface area contributed by atoms with Crippen LogP contribution in [0.1, 0.15) is 6.92 Å². The topological polar surface area (TPSA) is 55.6 Å². The zero-order valence-electron chi connectivity index (χ0n) is 7.94. The highest BCUT2D eigenvalue weighted by molar-refractivity contribution is 5.83. The lowest BCUT2D eigenvalue weighted by atomic mass is 10.5. The second-order valence-corrected chi connectivity index (χ2v) is 2.76. The molecule has 5 nitrogen and oxygen atoms in total. The van der Waals surface area contributed by atoms with Crippen molar-refractivity contribution in [3.05, 3.63) is 19.2 Å². The van der Waals surface area contributed by atoms with Crippen LogP contribution in [0, 0.1) is 0 Å². The van der Waals surface area contributed by atoms with Crippen molar-refractivity contribution < 1.29 is 0 Å². The molecule has 0 spiro atoms. The largest absolute Gasteiger partial charge is 0.368 e. The molecule has 2 rings (SSSR count). The maximum absolute atomic E-state index is 4.21. The number of nitrogens with one attached hydrogen (secondary N) is 1. The Kier molecular flexibility index (Phi) is 2.14. The molecule has 0 bridgehead atoms. The van der Waals surface area contributed by atoms with E-state index in [-0.39, 0.29) is 0 Å². The quantitative estimate of drug-likeness (QED) is 0.792. The summed E-state index contributed by atoms with van der Waals surface area (Å²) < 4.78 is 1.76. The minimum absolute atomic E-state index is 0.762. The third kappa shape index (κ3) is 1.22. The highest BCUT2D eigenvalue weighted by Gasteiger charge is 2.06. The molecular formula is C9H11N5. The number of hydrogen-bond donors (Lipinski definition) is 1. The van der Waals surface area contributed by atoms with Gasteiger partial charge in [-0.2, -0.15) is 0 Å². The number of aromatic nitrogens is 4. The van der Waals surface area contributed by atoms with Gasteiger partial charge in [-0.3, -0.25) is 4.57 Å². The highest BCUT2D eigenvalue weighted by atomic mass is 15.1. The molecule has 0 aliphatic heterocycles. The van der Waals surface area contributed by atoms with E-state index in [0.717, 1.165) is 23.5 Å². The van der Waals surface area contributed by atoms with E-state index >= 15 is 0 Å². The summed E-state index contributed by atoms with van der Waals surface area (Å²) in [5.41, 5.74) is 1.54. The number of anilines is 1. The van der Waals surface area contributed by atoms with Crippen molar-refractivity contribution in [1.29, 1.82) is 0 Å². The molecule has 0 saturated heterocycles. The molecule has 0 aliphatic rings. The van der Waals surface area contributed by atoms with Crippen molar-refractivity contribution in [2.45, 2.75) is 6.92 Å². The number of hydrogen-bond acceptors (Lipinski definition) is 4. The molecule has 72 valence electrons. The number of imidazole rings is 1. The van der Waals surface area contributed by atoms with Gasteiger partial charge in [-0.05, 0) is 6.92 Å². The van der Waals surface area contributed by atoms with Crippen LogP contribution in [-0.4, -0.2) is 26.1 Å². The van der Waals surface area contributed by atoms with E-state index in [1.165, 1.54) is 6.33 Å².